The third-order valence-corrected chi connectivity index (χ3v) is 7.70. The number of para-hydroxylation sites is 1. The fourth-order valence-electron chi connectivity index (χ4n) is 5.11. The van der Waals surface area contributed by atoms with Crippen LogP contribution in [0.15, 0.2) is 71.5 Å². The molecule has 0 unspecified atom stereocenters. The van der Waals surface area contributed by atoms with E-state index in [9.17, 15) is 9.59 Å². The Morgan fingerprint density at radius 3 is 2.49 bits per heavy atom. The molecule has 0 bridgehead atoms. The van der Waals surface area contributed by atoms with Gasteiger partial charge < -0.3 is 15.4 Å². The summed E-state index contributed by atoms with van der Waals surface area (Å²) >= 11 is 5.93. The van der Waals surface area contributed by atoms with Crippen LogP contribution in [-0.2, 0) is 17.8 Å². The molecule has 41 heavy (non-hydrogen) atoms. The Kier molecular flexibility index (Phi) is 8.90. The number of piperazine rings is 1. The smallest absolute Gasteiger partial charge is 0.266 e. The molecule has 2 heterocycles. The third kappa shape index (κ3) is 6.89. The molecule has 1 saturated heterocycles. The molecule has 1 aliphatic rings. The summed E-state index contributed by atoms with van der Waals surface area (Å²) < 4.78 is 7.41. The molecule has 3 aromatic carbocycles. The van der Waals surface area contributed by atoms with E-state index in [-0.39, 0.29) is 18.1 Å². The van der Waals surface area contributed by atoms with Crippen LogP contribution in [0.4, 0.5) is 5.69 Å². The number of amides is 1. The Labute approximate surface area is 245 Å². The lowest BCUT2D eigenvalue weighted by Crippen LogP contribution is -2.50. The van der Waals surface area contributed by atoms with E-state index in [0.717, 1.165) is 24.1 Å². The minimum absolute atomic E-state index is 0.0241. The molecule has 4 aromatic rings. The second-order valence-electron chi connectivity index (χ2n) is 10.9. The van der Waals surface area contributed by atoms with Gasteiger partial charge in [-0.1, -0.05) is 43.6 Å². The lowest BCUT2D eigenvalue weighted by molar-refractivity contribution is -0.135. The van der Waals surface area contributed by atoms with Crippen LogP contribution in [0.2, 0.25) is 5.02 Å². The van der Waals surface area contributed by atoms with E-state index in [2.05, 4.69) is 24.8 Å². The van der Waals surface area contributed by atoms with Gasteiger partial charge in [0, 0.05) is 36.9 Å². The molecular weight excluding hydrogens is 538 g/mol. The zero-order chi connectivity index (χ0) is 28.9. The van der Waals surface area contributed by atoms with Crippen LogP contribution in [0.3, 0.4) is 0 Å². The van der Waals surface area contributed by atoms with Crippen molar-refractivity contribution in [2.24, 2.45) is 5.92 Å². The van der Waals surface area contributed by atoms with Gasteiger partial charge in [-0.25, -0.2) is 4.98 Å². The number of fused-ring (bicyclic) bond motifs is 1. The number of carbonyl (C=O) groups is 1. The molecule has 0 saturated carbocycles. The van der Waals surface area contributed by atoms with Crippen molar-refractivity contribution in [3.05, 3.63) is 93.5 Å². The van der Waals surface area contributed by atoms with Gasteiger partial charge in [0.25, 0.3) is 11.5 Å². The minimum atomic E-state index is -0.123. The number of nitrogen functional groups attached to an aromatic ring is 1. The van der Waals surface area contributed by atoms with Crippen LogP contribution in [0.25, 0.3) is 16.6 Å². The molecule has 1 aromatic heterocycles. The summed E-state index contributed by atoms with van der Waals surface area (Å²) in [5.41, 5.74) is 9.06. The van der Waals surface area contributed by atoms with E-state index in [4.69, 9.17) is 27.1 Å². The van der Waals surface area contributed by atoms with Crippen molar-refractivity contribution >= 4 is 34.1 Å². The second-order valence-corrected chi connectivity index (χ2v) is 11.3. The summed E-state index contributed by atoms with van der Waals surface area (Å²) in [5, 5.41) is 1.12. The van der Waals surface area contributed by atoms with E-state index >= 15 is 0 Å². The van der Waals surface area contributed by atoms with Crippen LogP contribution in [-0.4, -0.2) is 58.0 Å². The van der Waals surface area contributed by atoms with Gasteiger partial charge in [0.05, 0.1) is 23.1 Å². The number of halogens is 1. The van der Waals surface area contributed by atoms with Gasteiger partial charge in [-0.3, -0.25) is 19.1 Å². The van der Waals surface area contributed by atoms with E-state index in [1.165, 1.54) is 0 Å². The molecule has 0 aliphatic carbocycles. The number of nitrogens with two attached hydrogens (primary N) is 1. The Morgan fingerprint density at radius 2 is 1.76 bits per heavy atom. The maximum absolute atomic E-state index is 14.0. The normalized spacial score (nSPS) is 14.1. The maximum atomic E-state index is 14.0. The summed E-state index contributed by atoms with van der Waals surface area (Å²) in [5.74, 6) is 1.77. The molecule has 1 aliphatic heterocycles. The van der Waals surface area contributed by atoms with Gasteiger partial charge in [0.2, 0.25) is 0 Å². The fourth-order valence-corrected chi connectivity index (χ4v) is 5.24. The molecule has 5 rings (SSSR count). The molecule has 9 heteroatoms. The first-order chi connectivity index (χ1) is 19.8. The second kappa shape index (κ2) is 12.7. The van der Waals surface area contributed by atoms with Gasteiger partial charge in [-0.05, 0) is 72.9 Å². The number of nitrogens with zero attached hydrogens (tertiary/aromatic N) is 4. The zero-order valence-electron chi connectivity index (χ0n) is 23.6. The van der Waals surface area contributed by atoms with E-state index in [1.54, 1.807) is 41.0 Å². The first kappa shape index (κ1) is 28.6. The number of aromatic nitrogens is 2. The highest BCUT2D eigenvalue weighted by Crippen LogP contribution is 2.22. The van der Waals surface area contributed by atoms with Crippen molar-refractivity contribution in [1.29, 1.82) is 0 Å². The lowest BCUT2D eigenvalue weighted by Gasteiger charge is -2.34. The van der Waals surface area contributed by atoms with E-state index in [0.29, 0.717) is 71.8 Å². The average Bonchev–Trinajstić information content (AvgIpc) is 2.97. The standard InChI is InChI=1S/C32H36ClN5O3/c1-22(2)7-8-23-5-3-4-6-29(23)38-30(35-28-14-11-25(34)19-27(28)32(38)40)20-36-15-17-37(18-16-36)31(39)21-41-26-12-9-24(33)10-13-26/h3-6,9-14,19,22H,7-8,15-18,20-21,34H2,1-2H3. The first-order valence-corrected chi connectivity index (χ1v) is 14.4. The zero-order valence-corrected chi connectivity index (χ0v) is 24.3. The number of hydrogen-bond acceptors (Lipinski definition) is 6. The summed E-state index contributed by atoms with van der Waals surface area (Å²) in [6.07, 6.45) is 1.89. The number of anilines is 1. The number of aryl methyl sites for hydroxylation is 1. The van der Waals surface area contributed by atoms with Gasteiger partial charge in [-0.15, -0.1) is 0 Å². The molecule has 214 valence electrons. The van der Waals surface area contributed by atoms with Crippen LogP contribution >= 0.6 is 11.6 Å². The van der Waals surface area contributed by atoms with Crippen LogP contribution < -0.4 is 16.0 Å². The van der Waals surface area contributed by atoms with Gasteiger partial charge >= 0.3 is 0 Å². The SMILES string of the molecule is CC(C)CCc1ccccc1-n1c(CN2CCN(C(=O)COc3ccc(Cl)cc3)CC2)nc2ccc(N)cc2c1=O. The number of ether oxygens (including phenoxy) is 1. The van der Waals surface area contributed by atoms with Gasteiger partial charge in [0.1, 0.15) is 11.6 Å². The Bertz CT molecular complexity index is 1580. The highest BCUT2D eigenvalue weighted by Gasteiger charge is 2.24. The molecule has 2 N–H and O–H groups in total. The van der Waals surface area contributed by atoms with Crippen molar-refractivity contribution in [2.75, 3.05) is 38.5 Å². The topological polar surface area (TPSA) is 93.7 Å². The van der Waals surface area contributed by atoms with Crippen molar-refractivity contribution in [1.82, 2.24) is 19.4 Å². The number of benzene rings is 3. The van der Waals surface area contributed by atoms with Crippen molar-refractivity contribution in [3.8, 4) is 11.4 Å². The maximum Gasteiger partial charge on any atom is 0.266 e. The van der Waals surface area contributed by atoms with Crippen molar-refractivity contribution in [3.63, 3.8) is 0 Å². The van der Waals surface area contributed by atoms with Crippen LogP contribution in [0, 0.1) is 5.92 Å². The molecule has 0 spiro atoms. The number of rotatable bonds is 9. The lowest BCUT2D eigenvalue weighted by atomic mass is 10.0. The molecule has 0 atom stereocenters. The molecule has 1 fully saturated rings. The van der Waals surface area contributed by atoms with Crippen LogP contribution in [0.1, 0.15) is 31.7 Å². The summed E-state index contributed by atoms with van der Waals surface area (Å²) in [6.45, 7) is 7.34. The van der Waals surface area contributed by atoms with Gasteiger partial charge in [0.15, 0.2) is 6.61 Å². The highest BCUT2D eigenvalue weighted by molar-refractivity contribution is 6.30. The number of hydrogen-bond donors (Lipinski definition) is 1. The summed E-state index contributed by atoms with van der Waals surface area (Å²) in [4.78, 5) is 35.8. The molecular formula is C32H36ClN5O3. The largest absolute Gasteiger partial charge is 0.484 e. The monoisotopic (exact) mass is 573 g/mol. The van der Waals surface area contributed by atoms with E-state index in [1.807, 2.05) is 29.2 Å². The van der Waals surface area contributed by atoms with E-state index < -0.39 is 0 Å². The molecule has 0 radical (unpaired) electrons. The number of carbonyl (C=O) groups excluding carboxylic acids is 1. The fraction of sp³-hybridized carbons (Fsp3) is 0.344. The highest BCUT2D eigenvalue weighted by atomic mass is 35.5. The Hall–Kier alpha value is -3.88. The van der Waals surface area contributed by atoms with Crippen molar-refractivity contribution in [2.45, 2.75) is 33.2 Å². The predicted octanol–water partition coefficient (Wildman–Crippen LogP) is 4.93. The first-order valence-electron chi connectivity index (χ1n) is 14.1. The molecule has 8 nitrogen and oxygen atoms in total. The quantitative estimate of drug-likeness (QED) is 0.285. The average molecular weight is 574 g/mol. The Morgan fingerprint density at radius 1 is 1.02 bits per heavy atom. The Balaban J connectivity index is 1.35. The molecule has 1 amide bonds. The van der Waals surface area contributed by atoms with Crippen LogP contribution in [0.5, 0.6) is 5.75 Å². The summed E-state index contributed by atoms with van der Waals surface area (Å²) in [7, 11) is 0. The predicted molar refractivity (Wildman–Crippen MR) is 164 cm³/mol. The summed E-state index contributed by atoms with van der Waals surface area (Å²) in [6, 6.07) is 20.3. The van der Waals surface area contributed by atoms with Crippen molar-refractivity contribution < 1.29 is 9.53 Å². The third-order valence-electron chi connectivity index (χ3n) is 7.45. The minimum Gasteiger partial charge on any atom is -0.484 e. The van der Waals surface area contributed by atoms with Gasteiger partial charge in [-0.2, -0.15) is 0 Å².